The molecule has 2 N–H and O–H groups in total. The minimum atomic E-state index is -0.276. The summed E-state index contributed by atoms with van der Waals surface area (Å²) in [5.74, 6) is 0. The maximum absolute atomic E-state index is 11.4. The third-order valence-corrected chi connectivity index (χ3v) is 2.44. The van der Waals surface area contributed by atoms with E-state index in [4.69, 9.17) is 15.2 Å². The van der Waals surface area contributed by atoms with Gasteiger partial charge in [0.2, 0.25) is 0 Å². The van der Waals surface area contributed by atoms with Gasteiger partial charge in [-0.2, -0.15) is 0 Å². The van der Waals surface area contributed by atoms with Crippen LogP contribution in [0.2, 0.25) is 0 Å². The zero-order chi connectivity index (χ0) is 10.6. The zero-order valence-electron chi connectivity index (χ0n) is 9.14. The molecule has 0 radical (unpaired) electrons. The van der Waals surface area contributed by atoms with Crippen LogP contribution in [0.25, 0.3) is 0 Å². The quantitative estimate of drug-likeness (QED) is 0.766. The number of methoxy groups -OCH3 is 1. The molecule has 1 fully saturated rings. The number of hydrogen-bond donors (Lipinski definition) is 1. The van der Waals surface area contributed by atoms with Gasteiger partial charge in [-0.3, -0.25) is 0 Å². The summed E-state index contributed by atoms with van der Waals surface area (Å²) in [6.45, 7) is 3.37. The molecule has 0 aliphatic carbocycles. The molecule has 0 aromatic rings. The number of piperidine rings is 1. The number of amides is 1. The van der Waals surface area contributed by atoms with Crippen LogP contribution in [0.1, 0.15) is 13.3 Å². The Kier molecular flexibility index (Phi) is 6.63. The molecule has 1 rings (SSSR count). The topological polar surface area (TPSA) is 64.8 Å². The van der Waals surface area contributed by atoms with E-state index in [0.717, 1.165) is 6.42 Å². The van der Waals surface area contributed by atoms with Gasteiger partial charge in [0.15, 0.2) is 0 Å². The Labute approximate surface area is 96.3 Å². The first-order valence-corrected chi connectivity index (χ1v) is 4.89. The smallest absolute Gasteiger partial charge is 0.409 e. The van der Waals surface area contributed by atoms with E-state index < -0.39 is 0 Å². The summed E-state index contributed by atoms with van der Waals surface area (Å²) in [5, 5.41) is 0. The van der Waals surface area contributed by atoms with Crippen LogP contribution < -0.4 is 5.73 Å². The van der Waals surface area contributed by atoms with Crippen LogP contribution in [0.3, 0.4) is 0 Å². The lowest BCUT2D eigenvalue weighted by molar-refractivity contribution is 0.0131. The van der Waals surface area contributed by atoms with Crippen molar-refractivity contribution in [1.82, 2.24) is 4.90 Å². The average molecular weight is 239 g/mol. The maximum atomic E-state index is 11.4. The van der Waals surface area contributed by atoms with E-state index in [-0.39, 0.29) is 30.6 Å². The first-order chi connectivity index (χ1) is 6.69. The van der Waals surface area contributed by atoms with Crippen molar-refractivity contribution >= 4 is 18.5 Å². The summed E-state index contributed by atoms with van der Waals surface area (Å²) in [6, 6.07) is 0.0191. The minimum absolute atomic E-state index is 0. The fourth-order valence-electron chi connectivity index (χ4n) is 1.56. The second-order valence-electron chi connectivity index (χ2n) is 3.37. The monoisotopic (exact) mass is 238 g/mol. The SMILES string of the molecule is CCOC(=O)N1CC[C@@H](N)[C@@H](OC)C1.Cl. The molecule has 1 saturated heterocycles. The van der Waals surface area contributed by atoms with Crippen molar-refractivity contribution in [3.63, 3.8) is 0 Å². The highest BCUT2D eigenvalue weighted by molar-refractivity contribution is 5.85. The van der Waals surface area contributed by atoms with Crippen molar-refractivity contribution < 1.29 is 14.3 Å². The van der Waals surface area contributed by atoms with E-state index in [1.807, 2.05) is 0 Å². The summed E-state index contributed by atoms with van der Waals surface area (Å²) < 4.78 is 10.1. The fourth-order valence-corrected chi connectivity index (χ4v) is 1.56. The number of nitrogens with two attached hydrogens (primary N) is 1. The Hall–Kier alpha value is -0.520. The number of nitrogens with zero attached hydrogens (tertiary/aromatic N) is 1. The maximum Gasteiger partial charge on any atom is 0.409 e. The molecule has 0 aromatic carbocycles. The molecule has 1 aliphatic rings. The Morgan fingerprint density at radius 1 is 1.60 bits per heavy atom. The van der Waals surface area contributed by atoms with Gasteiger partial charge in [-0.05, 0) is 13.3 Å². The van der Waals surface area contributed by atoms with Crippen LogP contribution in [0.15, 0.2) is 0 Å². The van der Waals surface area contributed by atoms with Gasteiger partial charge in [0.25, 0.3) is 0 Å². The third kappa shape index (κ3) is 3.85. The molecule has 6 heteroatoms. The van der Waals surface area contributed by atoms with E-state index in [0.29, 0.717) is 19.7 Å². The molecule has 0 saturated carbocycles. The van der Waals surface area contributed by atoms with Crippen molar-refractivity contribution in [3.05, 3.63) is 0 Å². The molecular formula is C9H19ClN2O3. The fraction of sp³-hybridized carbons (Fsp3) is 0.889. The number of rotatable bonds is 2. The van der Waals surface area contributed by atoms with Crippen molar-refractivity contribution in [2.24, 2.45) is 5.73 Å². The Morgan fingerprint density at radius 3 is 2.80 bits per heavy atom. The Morgan fingerprint density at radius 2 is 2.27 bits per heavy atom. The van der Waals surface area contributed by atoms with Crippen LogP contribution in [-0.2, 0) is 9.47 Å². The molecule has 0 spiro atoms. The molecule has 5 nitrogen and oxygen atoms in total. The van der Waals surface area contributed by atoms with E-state index in [1.54, 1.807) is 18.9 Å². The zero-order valence-corrected chi connectivity index (χ0v) is 9.96. The van der Waals surface area contributed by atoms with Gasteiger partial charge in [-0.25, -0.2) is 4.79 Å². The molecule has 0 aromatic heterocycles. The van der Waals surface area contributed by atoms with E-state index in [2.05, 4.69) is 0 Å². The largest absolute Gasteiger partial charge is 0.450 e. The van der Waals surface area contributed by atoms with Gasteiger partial charge in [0, 0.05) is 19.7 Å². The van der Waals surface area contributed by atoms with Crippen LogP contribution >= 0.6 is 12.4 Å². The number of carbonyl (C=O) groups excluding carboxylic acids is 1. The number of carbonyl (C=O) groups is 1. The van der Waals surface area contributed by atoms with Crippen LogP contribution in [0.4, 0.5) is 4.79 Å². The van der Waals surface area contributed by atoms with E-state index >= 15 is 0 Å². The van der Waals surface area contributed by atoms with Crippen LogP contribution in [-0.4, -0.2) is 49.9 Å². The predicted molar refractivity (Wildman–Crippen MR) is 59.2 cm³/mol. The summed E-state index contributed by atoms with van der Waals surface area (Å²) in [5.41, 5.74) is 5.82. The van der Waals surface area contributed by atoms with Gasteiger partial charge >= 0.3 is 6.09 Å². The van der Waals surface area contributed by atoms with Crippen molar-refractivity contribution in [3.8, 4) is 0 Å². The number of likely N-dealkylation sites (tertiary alicyclic amines) is 1. The molecule has 90 valence electrons. The molecular weight excluding hydrogens is 220 g/mol. The minimum Gasteiger partial charge on any atom is -0.450 e. The first kappa shape index (κ1) is 14.5. The highest BCUT2D eigenvalue weighted by atomic mass is 35.5. The summed E-state index contributed by atoms with van der Waals surface area (Å²) in [4.78, 5) is 13.0. The highest BCUT2D eigenvalue weighted by Gasteiger charge is 2.29. The first-order valence-electron chi connectivity index (χ1n) is 4.89. The standard InChI is InChI=1S/C9H18N2O3.ClH/c1-3-14-9(12)11-5-4-7(10)8(6-11)13-2;/h7-8H,3-6,10H2,1-2H3;1H/t7-,8+;/m1./s1. The van der Waals surface area contributed by atoms with E-state index in [1.165, 1.54) is 0 Å². The summed E-state index contributed by atoms with van der Waals surface area (Å²) in [6.07, 6.45) is 0.409. The molecule has 2 atom stereocenters. The van der Waals surface area contributed by atoms with Crippen molar-refractivity contribution in [1.29, 1.82) is 0 Å². The van der Waals surface area contributed by atoms with Crippen molar-refractivity contribution in [2.45, 2.75) is 25.5 Å². The summed E-state index contributed by atoms with van der Waals surface area (Å²) >= 11 is 0. The van der Waals surface area contributed by atoms with Gasteiger partial charge < -0.3 is 20.1 Å². The lowest BCUT2D eigenvalue weighted by Gasteiger charge is -2.35. The lowest BCUT2D eigenvalue weighted by atomic mass is 10.0. The molecule has 1 heterocycles. The molecule has 0 bridgehead atoms. The third-order valence-electron chi connectivity index (χ3n) is 2.44. The number of halogens is 1. The second kappa shape index (κ2) is 6.87. The average Bonchev–Trinajstić information content (AvgIpc) is 2.19. The van der Waals surface area contributed by atoms with Gasteiger partial charge in [0.1, 0.15) is 0 Å². The van der Waals surface area contributed by atoms with Crippen molar-refractivity contribution in [2.75, 3.05) is 26.8 Å². The summed E-state index contributed by atoms with van der Waals surface area (Å²) in [7, 11) is 1.61. The van der Waals surface area contributed by atoms with Crippen LogP contribution in [0.5, 0.6) is 0 Å². The van der Waals surface area contributed by atoms with Gasteiger partial charge in [-0.1, -0.05) is 0 Å². The highest BCUT2D eigenvalue weighted by Crippen LogP contribution is 2.12. The lowest BCUT2D eigenvalue weighted by Crippen LogP contribution is -2.53. The second-order valence-corrected chi connectivity index (χ2v) is 3.37. The number of ether oxygens (including phenoxy) is 2. The Bertz CT molecular complexity index is 204. The molecule has 1 amide bonds. The molecule has 15 heavy (non-hydrogen) atoms. The van der Waals surface area contributed by atoms with Gasteiger partial charge in [0.05, 0.1) is 19.3 Å². The molecule has 0 unspecified atom stereocenters. The Balaban J connectivity index is 0.00000196. The van der Waals surface area contributed by atoms with Crippen LogP contribution in [0, 0.1) is 0 Å². The molecule has 1 aliphatic heterocycles. The normalized spacial score (nSPS) is 25.7. The van der Waals surface area contributed by atoms with Gasteiger partial charge in [-0.15, -0.1) is 12.4 Å². The van der Waals surface area contributed by atoms with E-state index in [9.17, 15) is 4.79 Å². The predicted octanol–water partition coefficient (Wildman–Crippen LogP) is 0.613. The number of hydrogen-bond acceptors (Lipinski definition) is 4.